The average molecular weight is 194 g/mol. The van der Waals surface area contributed by atoms with E-state index in [4.69, 9.17) is 10.5 Å². The van der Waals surface area contributed by atoms with E-state index in [1.807, 2.05) is 6.07 Å². The summed E-state index contributed by atoms with van der Waals surface area (Å²) in [5.74, 6) is 0.214. The van der Waals surface area contributed by atoms with Crippen molar-refractivity contribution in [2.24, 2.45) is 0 Å². The Morgan fingerprint density at radius 3 is 2.57 bits per heavy atom. The van der Waals surface area contributed by atoms with Crippen LogP contribution in [0.4, 0.5) is 11.4 Å². The highest BCUT2D eigenvalue weighted by atomic mass is 16.5. The van der Waals surface area contributed by atoms with E-state index in [1.165, 1.54) is 0 Å². The molecule has 0 bridgehead atoms. The van der Waals surface area contributed by atoms with Crippen molar-refractivity contribution in [3.63, 3.8) is 0 Å². The SMILES string of the molecule is Nc1cc(O)cc(N2CCOCC2)c1. The molecule has 1 fully saturated rings. The van der Waals surface area contributed by atoms with Gasteiger partial charge in [-0.2, -0.15) is 0 Å². The van der Waals surface area contributed by atoms with Crippen LogP contribution in [0.25, 0.3) is 0 Å². The number of ether oxygens (including phenoxy) is 1. The number of benzene rings is 1. The molecule has 0 atom stereocenters. The van der Waals surface area contributed by atoms with Crippen molar-refractivity contribution in [1.82, 2.24) is 0 Å². The fourth-order valence-corrected chi connectivity index (χ4v) is 1.62. The molecule has 0 aliphatic carbocycles. The number of nitrogens with zero attached hydrogens (tertiary/aromatic N) is 1. The largest absolute Gasteiger partial charge is 0.508 e. The van der Waals surface area contributed by atoms with Gasteiger partial charge in [0.1, 0.15) is 5.75 Å². The zero-order valence-corrected chi connectivity index (χ0v) is 7.94. The summed E-state index contributed by atoms with van der Waals surface area (Å²) in [5.41, 5.74) is 7.20. The lowest BCUT2D eigenvalue weighted by Crippen LogP contribution is -2.36. The maximum atomic E-state index is 9.39. The minimum absolute atomic E-state index is 0.214. The van der Waals surface area contributed by atoms with Crippen LogP contribution in [0.2, 0.25) is 0 Å². The number of morpholine rings is 1. The Kier molecular flexibility index (Phi) is 2.45. The Labute approximate surface area is 82.9 Å². The van der Waals surface area contributed by atoms with Gasteiger partial charge in [0.2, 0.25) is 0 Å². The van der Waals surface area contributed by atoms with Crippen LogP contribution in [-0.4, -0.2) is 31.4 Å². The fourth-order valence-electron chi connectivity index (χ4n) is 1.62. The highest BCUT2D eigenvalue weighted by Crippen LogP contribution is 2.24. The van der Waals surface area contributed by atoms with Gasteiger partial charge < -0.3 is 20.5 Å². The van der Waals surface area contributed by atoms with Crippen LogP contribution >= 0.6 is 0 Å². The van der Waals surface area contributed by atoms with Gasteiger partial charge in [-0.3, -0.25) is 0 Å². The minimum atomic E-state index is 0.214. The van der Waals surface area contributed by atoms with E-state index in [-0.39, 0.29) is 5.75 Å². The van der Waals surface area contributed by atoms with Crippen LogP contribution in [0.5, 0.6) is 5.75 Å². The van der Waals surface area contributed by atoms with Crippen molar-refractivity contribution < 1.29 is 9.84 Å². The lowest BCUT2D eigenvalue weighted by atomic mass is 10.2. The molecule has 0 radical (unpaired) electrons. The average Bonchev–Trinajstić information content (AvgIpc) is 2.18. The minimum Gasteiger partial charge on any atom is -0.508 e. The first kappa shape index (κ1) is 9.15. The number of aromatic hydroxyl groups is 1. The lowest BCUT2D eigenvalue weighted by Gasteiger charge is -2.29. The highest BCUT2D eigenvalue weighted by Gasteiger charge is 2.11. The molecule has 14 heavy (non-hydrogen) atoms. The Morgan fingerprint density at radius 1 is 1.21 bits per heavy atom. The molecule has 0 saturated carbocycles. The number of anilines is 2. The number of nitrogen functional groups attached to an aromatic ring is 1. The van der Waals surface area contributed by atoms with Gasteiger partial charge >= 0.3 is 0 Å². The van der Waals surface area contributed by atoms with Crippen molar-refractivity contribution >= 4 is 11.4 Å². The maximum absolute atomic E-state index is 9.39. The molecule has 1 aromatic carbocycles. The molecule has 0 spiro atoms. The van der Waals surface area contributed by atoms with Crippen LogP contribution < -0.4 is 10.6 Å². The summed E-state index contributed by atoms with van der Waals surface area (Å²) in [4.78, 5) is 2.15. The first-order valence-electron chi connectivity index (χ1n) is 4.68. The number of hydrogen-bond donors (Lipinski definition) is 2. The summed E-state index contributed by atoms with van der Waals surface area (Å²) in [6, 6.07) is 5.14. The van der Waals surface area contributed by atoms with Crippen LogP contribution in [0, 0.1) is 0 Å². The summed E-state index contributed by atoms with van der Waals surface area (Å²) in [6.45, 7) is 3.16. The molecular weight excluding hydrogens is 180 g/mol. The van der Waals surface area contributed by atoms with Gasteiger partial charge in [-0.05, 0) is 6.07 Å². The number of phenolic OH excluding ortho intramolecular Hbond substituents is 1. The zero-order chi connectivity index (χ0) is 9.97. The fraction of sp³-hybridized carbons (Fsp3) is 0.400. The summed E-state index contributed by atoms with van der Waals surface area (Å²) >= 11 is 0. The number of phenols is 1. The second-order valence-corrected chi connectivity index (χ2v) is 3.38. The second-order valence-electron chi connectivity index (χ2n) is 3.38. The van der Waals surface area contributed by atoms with E-state index < -0.39 is 0 Å². The van der Waals surface area contributed by atoms with E-state index in [0.29, 0.717) is 5.69 Å². The summed E-state index contributed by atoms with van der Waals surface area (Å²) in [5, 5.41) is 9.39. The molecule has 76 valence electrons. The molecule has 0 unspecified atom stereocenters. The zero-order valence-electron chi connectivity index (χ0n) is 7.94. The molecule has 0 aromatic heterocycles. The second kappa shape index (κ2) is 3.75. The van der Waals surface area contributed by atoms with Gasteiger partial charge in [0.25, 0.3) is 0 Å². The third-order valence-electron chi connectivity index (χ3n) is 2.30. The first-order valence-corrected chi connectivity index (χ1v) is 4.68. The topological polar surface area (TPSA) is 58.7 Å². The predicted molar refractivity (Wildman–Crippen MR) is 55.6 cm³/mol. The van der Waals surface area contributed by atoms with Crippen molar-refractivity contribution in [2.45, 2.75) is 0 Å². The molecular formula is C10H14N2O2. The van der Waals surface area contributed by atoms with Crippen molar-refractivity contribution in [3.05, 3.63) is 18.2 Å². The van der Waals surface area contributed by atoms with E-state index in [0.717, 1.165) is 32.0 Å². The van der Waals surface area contributed by atoms with E-state index in [1.54, 1.807) is 12.1 Å². The number of rotatable bonds is 1. The third kappa shape index (κ3) is 1.90. The van der Waals surface area contributed by atoms with Gasteiger partial charge in [-0.1, -0.05) is 0 Å². The number of nitrogens with two attached hydrogens (primary N) is 1. The van der Waals surface area contributed by atoms with Gasteiger partial charge in [-0.15, -0.1) is 0 Å². The monoisotopic (exact) mass is 194 g/mol. The van der Waals surface area contributed by atoms with Gasteiger partial charge in [0.05, 0.1) is 13.2 Å². The molecule has 1 aliphatic rings. The molecule has 4 nitrogen and oxygen atoms in total. The van der Waals surface area contributed by atoms with Crippen molar-refractivity contribution in [1.29, 1.82) is 0 Å². The van der Waals surface area contributed by atoms with Crippen molar-refractivity contribution in [2.75, 3.05) is 36.9 Å². The van der Waals surface area contributed by atoms with Crippen LogP contribution in [-0.2, 0) is 4.74 Å². The Bertz CT molecular complexity index is 302. The quantitative estimate of drug-likeness (QED) is 0.649. The molecule has 1 aliphatic heterocycles. The molecule has 2 rings (SSSR count). The van der Waals surface area contributed by atoms with Gasteiger partial charge in [0.15, 0.2) is 0 Å². The Hall–Kier alpha value is -1.42. The molecule has 1 aromatic rings. The van der Waals surface area contributed by atoms with E-state index in [9.17, 15) is 5.11 Å². The Morgan fingerprint density at radius 2 is 1.93 bits per heavy atom. The van der Waals surface area contributed by atoms with Crippen molar-refractivity contribution in [3.8, 4) is 5.75 Å². The first-order chi connectivity index (χ1) is 6.75. The van der Waals surface area contributed by atoms with E-state index in [2.05, 4.69) is 4.90 Å². The Balaban J connectivity index is 2.21. The van der Waals surface area contributed by atoms with Gasteiger partial charge in [0, 0.05) is 36.6 Å². The molecule has 0 amide bonds. The molecule has 1 heterocycles. The van der Waals surface area contributed by atoms with Crippen LogP contribution in [0.1, 0.15) is 0 Å². The standard InChI is InChI=1S/C10H14N2O2/c11-8-5-9(7-10(13)6-8)12-1-3-14-4-2-12/h5-7,13H,1-4,11H2. The lowest BCUT2D eigenvalue weighted by molar-refractivity contribution is 0.122. The summed E-state index contributed by atoms with van der Waals surface area (Å²) in [6.07, 6.45) is 0. The molecule has 3 N–H and O–H groups in total. The highest BCUT2D eigenvalue weighted by molar-refractivity contribution is 5.60. The third-order valence-corrected chi connectivity index (χ3v) is 2.30. The molecule has 4 heteroatoms. The van der Waals surface area contributed by atoms with Crippen LogP contribution in [0.3, 0.4) is 0 Å². The smallest absolute Gasteiger partial charge is 0.119 e. The number of hydrogen-bond acceptors (Lipinski definition) is 4. The summed E-state index contributed by atoms with van der Waals surface area (Å²) < 4.78 is 5.25. The molecule has 1 saturated heterocycles. The predicted octanol–water partition coefficient (Wildman–Crippen LogP) is 0.811. The normalized spacial score (nSPS) is 17.0. The maximum Gasteiger partial charge on any atom is 0.119 e. The summed E-state index contributed by atoms with van der Waals surface area (Å²) in [7, 11) is 0. The van der Waals surface area contributed by atoms with Gasteiger partial charge in [-0.25, -0.2) is 0 Å². The van der Waals surface area contributed by atoms with E-state index >= 15 is 0 Å². The van der Waals surface area contributed by atoms with Crippen LogP contribution in [0.15, 0.2) is 18.2 Å².